The van der Waals surface area contributed by atoms with E-state index in [2.05, 4.69) is 53.6 Å². The molecule has 1 unspecified atom stereocenters. The number of rotatable bonds is 5. The summed E-state index contributed by atoms with van der Waals surface area (Å²) >= 11 is 0. The van der Waals surface area contributed by atoms with Crippen molar-refractivity contribution in [1.29, 1.82) is 0 Å². The lowest BCUT2D eigenvalue weighted by Crippen LogP contribution is -2.42. The molecule has 21 heavy (non-hydrogen) atoms. The van der Waals surface area contributed by atoms with Crippen LogP contribution in [-0.4, -0.2) is 32.1 Å². The van der Waals surface area contributed by atoms with Crippen LogP contribution in [0.4, 0.5) is 5.69 Å². The van der Waals surface area contributed by atoms with E-state index in [4.69, 9.17) is 0 Å². The molecule has 1 aliphatic rings. The fraction of sp³-hybridized carbons (Fsp3) is 0.588. The van der Waals surface area contributed by atoms with Gasteiger partial charge in [0.05, 0.1) is 5.92 Å². The Labute approximate surface area is 127 Å². The molecule has 2 N–H and O–H groups in total. The van der Waals surface area contributed by atoms with Gasteiger partial charge in [-0.3, -0.25) is 4.79 Å². The average Bonchev–Trinajstić information content (AvgIpc) is 2.52. The van der Waals surface area contributed by atoms with E-state index in [1.54, 1.807) is 7.05 Å². The van der Waals surface area contributed by atoms with Crippen molar-refractivity contribution in [1.82, 2.24) is 10.6 Å². The zero-order chi connectivity index (χ0) is 15.2. The number of nitrogens with zero attached hydrogens (tertiary/aromatic N) is 1. The van der Waals surface area contributed by atoms with Gasteiger partial charge in [0.2, 0.25) is 5.91 Å². The monoisotopic (exact) mass is 289 g/mol. The van der Waals surface area contributed by atoms with Gasteiger partial charge in [0.15, 0.2) is 0 Å². The van der Waals surface area contributed by atoms with Crippen LogP contribution < -0.4 is 15.5 Å². The normalized spacial score (nSPS) is 18.9. The topological polar surface area (TPSA) is 44.4 Å². The van der Waals surface area contributed by atoms with Gasteiger partial charge in [-0.05, 0) is 30.5 Å². The summed E-state index contributed by atoms with van der Waals surface area (Å²) in [6, 6.07) is 9.19. The summed E-state index contributed by atoms with van der Waals surface area (Å²) in [5.41, 5.74) is 2.52. The Morgan fingerprint density at radius 2 is 2.05 bits per heavy atom. The summed E-state index contributed by atoms with van der Waals surface area (Å²) in [6.45, 7) is 7.07. The molecule has 1 saturated heterocycles. The van der Waals surface area contributed by atoms with E-state index in [1.165, 1.54) is 11.3 Å². The highest BCUT2D eigenvalue weighted by Crippen LogP contribution is 2.23. The second kappa shape index (κ2) is 7.46. The number of hydrogen-bond acceptors (Lipinski definition) is 3. The van der Waals surface area contributed by atoms with Crippen molar-refractivity contribution in [3.63, 3.8) is 0 Å². The van der Waals surface area contributed by atoms with Crippen molar-refractivity contribution in [3.05, 3.63) is 29.8 Å². The predicted octanol–water partition coefficient (Wildman–Crippen LogP) is 2.15. The van der Waals surface area contributed by atoms with E-state index in [0.717, 1.165) is 32.5 Å². The van der Waals surface area contributed by atoms with Crippen molar-refractivity contribution < 1.29 is 4.79 Å². The Kier molecular flexibility index (Phi) is 5.62. The van der Waals surface area contributed by atoms with Crippen LogP contribution >= 0.6 is 0 Å². The third-order valence-corrected chi connectivity index (χ3v) is 4.05. The van der Waals surface area contributed by atoms with Gasteiger partial charge in [-0.1, -0.05) is 26.0 Å². The zero-order valence-corrected chi connectivity index (χ0v) is 13.4. The summed E-state index contributed by atoms with van der Waals surface area (Å²) in [5, 5.41) is 6.19. The maximum absolute atomic E-state index is 11.8. The molecular weight excluding hydrogens is 262 g/mol. The van der Waals surface area contributed by atoms with E-state index in [9.17, 15) is 4.79 Å². The van der Waals surface area contributed by atoms with Gasteiger partial charge in [0.25, 0.3) is 0 Å². The molecule has 4 nitrogen and oxygen atoms in total. The number of carbonyl (C=O) groups excluding carboxylic acids is 1. The van der Waals surface area contributed by atoms with Crippen LogP contribution in [0.1, 0.15) is 32.3 Å². The molecular formula is C17H27N3O. The van der Waals surface area contributed by atoms with Crippen LogP contribution in [0.25, 0.3) is 0 Å². The minimum Gasteiger partial charge on any atom is -0.371 e. The second-order valence-electron chi connectivity index (χ2n) is 6.10. The van der Waals surface area contributed by atoms with Crippen LogP contribution in [-0.2, 0) is 11.3 Å². The zero-order valence-electron chi connectivity index (χ0n) is 13.4. The third-order valence-electron chi connectivity index (χ3n) is 4.05. The lowest BCUT2D eigenvalue weighted by molar-refractivity contribution is -0.124. The van der Waals surface area contributed by atoms with Gasteiger partial charge < -0.3 is 15.5 Å². The standard InChI is InChI=1S/C17H27N3O/c1-13(2)19-11-14-6-8-16(9-7-14)20-10-4-5-15(12-20)17(21)18-3/h6-9,13,15,19H,4-5,10-12H2,1-3H3,(H,18,21). The summed E-state index contributed by atoms with van der Waals surface area (Å²) in [6.07, 6.45) is 2.07. The largest absolute Gasteiger partial charge is 0.371 e. The molecule has 0 aromatic heterocycles. The molecule has 1 amide bonds. The highest BCUT2D eigenvalue weighted by Gasteiger charge is 2.25. The molecule has 1 fully saturated rings. The molecule has 2 rings (SSSR count). The number of amides is 1. The minimum absolute atomic E-state index is 0.117. The van der Waals surface area contributed by atoms with Gasteiger partial charge >= 0.3 is 0 Å². The van der Waals surface area contributed by atoms with Crippen LogP contribution in [0.15, 0.2) is 24.3 Å². The average molecular weight is 289 g/mol. The Balaban J connectivity index is 1.96. The Bertz CT molecular complexity index is 456. The first-order chi connectivity index (χ1) is 10.1. The Hall–Kier alpha value is -1.55. The van der Waals surface area contributed by atoms with Crippen molar-refractivity contribution in [2.24, 2.45) is 5.92 Å². The number of carbonyl (C=O) groups is 1. The molecule has 1 aromatic rings. The van der Waals surface area contributed by atoms with Crippen molar-refractivity contribution in [3.8, 4) is 0 Å². The van der Waals surface area contributed by atoms with Crippen molar-refractivity contribution in [2.75, 3.05) is 25.0 Å². The maximum Gasteiger partial charge on any atom is 0.224 e. The van der Waals surface area contributed by atoms with Gasteiger partial charge in [0, 0.05) is 38.4 Å². The molecule has 1 heterocycles. The summed E-state index contributed by atoms with van der Waals surface area (Å²) in [7, 11) is 1.72. The first-order valence-electron chi connectivity index (χ1n) is 7.89. The van der Waals surface area contributed by atoms with Gasteiger partial charge in [-0.2, -0.15) is 0 Å². The Morgan fingerprint density at radius 3 is 2.67 bits per heavy atom. The van der Waals surface area contributed by atoms with Crippen LogP contribution in [0.5, 0.6) is 0 Å². The fourth-order valence-electron chi connectivity index (χ4n) is 2.78. The van der Waals surface area contributed by atoms with Gasteiger partial charge in [-0.25, -0.2) is 0 Å². The van der Waals surface area contributed by atoms with Crippen molar-refractivity contribution in [2.45, 2.75) is 39.3 Å². The van der Waals surface area contributed by atoms with E-state index in [-0.39, 0.29) is 11.8 Å². The Morgan fingerprint density at radius 1 is 1.33 bits per heavy atom. The first kappa shape index (κ1) is 15.8. The van der Waals surface area contributed by atoms with E-state index in [0.29, 0.717) is 6.04 Å². The van der Waals surface area contributed by atoms with Crippen LogP contribution in [0.3, 0.4) is 0 Å². The quantitative estimate of drug-likeness (QED) is 0.873. The van der Waals surface area contributed by atoms with Crippen molar-refractivity contribution >= 4 is 11.6 Å². The highest BCUT2D eigenvalue weighted by molar-refractivity contribution is 5.79. The fourth-order valence-corrected chi connectivity index (χ4v) is 2.78. The molecule has 0 bridgehead atoms. The lowest BCUT2D eigenvalue weighted by Gasteiger charge is -2.33. The summed E-state index contributed by atoms with van der Waals surface area (Å²) in [5.74, 6) is 0.281. The van der Waals surface area contributed by atoms with Crippen LogP contribution in [0, 0.1) is 5.92 Å². The number of nitrogens with one attached hydrogen (secondary N) is 2. The molecule has 1 atom stereocenters. The smallest absolute Gasteiger partial charge is 0.224 e. The maximum atomic E-state index is 11.8. The van der Waals surface area contributed by atoms with E-state index < -0.39 is 0 Å². The number of benzene rings is 1. The molecule has 0 saturated carbocycles. The van der Waals surface area contributed by atoms with Gasteiger partial charge in [0.1, 0.15) is 0 Å². The molecule has 4 heteroatoms. The number of piperidine rings is 1. The molecule has 116 valence electrons. The molecule has 0 radical (unpaired) electrons. The molecule has 0 spiro atoms. The lowest BCUT2D eigenvalue weighted by atomic mass is 9.96. The van der Waals surface area contributed by atoms with E-state index >= 15 is 0 Å². The molecule has 1 aliphatic heterocycles. The third kappa shape index (κ3) is 4.46. The number of anilines is 1. The summed E-state index contributed by atoms with van der Waals surface area (Å²) in [4.78, 5) is 14.1. The van der Waals surface area contributed by atoms with E-state index in [1.807, 2.05) is 0 Å². The molecule has 1 aromatic carbocycles. The first-order valence-corrected chi connectivity index (χ1v) is 7.89. The minimum atomic E-state index is 0.117. The summed E-state index contributed by atoms with van der Waals surface area (Å²) < 4.78 is 0. The SMILES string of the molecule is CNC(=O)C1CCCN(c2ccc(CNC(C)C)cc2)C1. The second-order valence-corrected chi connectivity index (χ2v) is 6.10. The highest BCUT2D eigenvalue weighted by atomic mass is 16.1. The molecule has 0 aliphatic carbocycles. The van der Waals surface area contributed by atoms with Gasteiger partial charge in [-0.15, -0.1) is 0 Å². The number of hydrogen-bond donors (Lipinski definition) is 2. The van der Waals surface area contributed by atoms with Crippen LogP contribution in [0.2, 0.25) is 0 Å². The predicted molar refractivity (Wildman–Crippen MR) is 87.4 cm³/mol.